The third kappa shape index (κ3) is 3.73. The van der Waals surface area contributed by atoms with E-state index >= 15 is 0 Å². The third-order valence-corrected chi connectivity index (χ3v) is 4.59. The van der Waals surface area contributed by atoms with Crippen LogP contribution in [-0.4, -0.2) is 33.8 Å². The highest BCUT2D eigenvalue weighted by Gasteiger charge is 2.33. The topological polar surface area (TPSA) is 72.6 Å². The van der Waals surface area contributed by atoms with E-state index in [4.69, 9.17) is 9.26 Å². The van der Waals surface area contributed by atoms with E-state index in [0.29, 0.717) is 22.8 Å². The van der Waals surface area contributed by atoms with Gasteiger partial charge >= 0.3 is 0 Å². The van der Waals surface area contributed by atoms with Crippen LogP contribution in [0.1, 0.15) is 60.2 Å². The normalized spacial score (nSPS) is 19.9. The Labute approximate surface area is 146 Å². The molecular formula is C19H22N2O4. The van der Waals surface area contributed by atoms with Crippen LogP contribution in [0.15, 0.2) is 34.9 Å². The molecule has 0 N–H and O–H groups in total. The molecule has 1 aliphatic rings. The lowest BCUT2D eigenvalue weighted by Gasteiger charge is -2.24. The summed E-state index contributed by atoms with van der Waals surface area (Å²) in [5.74, 6) is 0.910. The predicted octanol–water partition coefficient (Wildman–Crippen LogP) is 3.47. The van der Waals surface area contributed by atoms with Crippen molar-refractivity contribution in [3.63, 3.8) is 0 Å². The van der Waals surface area contributed by atoms with E-state index in [9.17, 15) is 9.59 Å². The van der Waals surface area contributed by atoms with Gasteiger partial charge in [0.2, 0.25) is 0 Å². The Morgan fingerprint density at radius 3 is 2.64 bits per heavy atom. The number of carbonyl (C=O) groups is 2. The molecule has 1 fully saturated rings. The van der Waals surface area contributed by atoms with Gasteiger partial charge in [-0.1, -0.05) is 17.3 Å². The molecule has 1 saturated heterocycles. The SMILES string of the molecule is CC(=O)c1cccc(OCc2cc(C(=O)N3[C@H](C)CC[C@@H]3C)no2)c1. The molecular weight excluding hydrogens is 320 g/mol. The van der Waals surface area contributed by atoms with Crippen molar-refractivity contribution in [1.29, 1.82) is 0 Å². The highest BCUT2D eigenvalue weighted by molar-refractivity contribution is 5.94. The van der Waals surface area contributed by atoms with Gasteiger partial charge in [-0.25, -0.2) is 0 Å². The minimum atomic E-state index is -0.105. The first kappa shape index (κ1) is 17.2. The Hall–Kier alpha value is -2.63. The fourth-order valence-electron chi connectivity index (χ4n) is 3.17. The van der Waals surface area contributed by atoms with Crippen LogP contribution in [0, 0.1) is 0 Å². The van der Waals surface area contributed by atoms with Crippen LogP contribution < -0.4 is 4.74 Å². The molecule has 0 unspecified atom stereocenters. The zero-order chi connectivity index (χ0) is 18.0. The van der Waals surface area contributed by atoms with E-state index in [0.717, 1.165) is 12.8 Å². The maximum absolute atomic E-state index is 12.6. The van der Waals surface area contributed by atoms with Crippen LogP contribution in [0.4, 0.5) is 0 Å². The Balaban J connectivity index is 1.65. The second-order valence-electron chi connectivity index (χ2n) is 6.54. The lowest BCUT2D eigenvalue weighted by atomic mass is 10.1. The molecule has 0 saturated carbocycles. The molecule has 1 aromatic heterocycles. The summed E-state index contributed by atoms with van der Waals surface area (Å²) >= 11 is 0. The van der Waals surface area contributed by atoms with Gasteiger partial charge in [0.05, 0.1) is 0 Å². The second-order valence-corrected chi connectivity index (χ2v) is 6.54. The molecule has 132 valence electrons. The molecule has 0 spiro atoms. The van der Waals surface area contributed by atoms with Gasteiger partial charge in [-0.15, -0.1) is 0 Å². The van der Waals surface area contributed by atoms with Gasteiger partial charge in [-0.05, 0) is 45.7 Å². The lowest BCUT2D eigenvalue weighted by molar-refractivity contribution is 0.0681. The predicted molar refractivity (Wildman–Crippen MR) is 91.6 cm³/mol. The van der Waals surface area contributed by atoms with Crippen LogP contribution in [0.5, 0.6) is 5.75 Å². The van der Waals surface area contributed by atoms with Crippen LogP contribution >= 0.6 is 0 Å². The van der Waals surface area contributed by atoms with Crippen molar-refractivity contribution >= 4 is 11.7 Å². The van der Waals surface area contributed by atoms with Crippen LogP contribution in [0.3, 0.4) is 0 Å². The largest absolute Gasteiger partial charge is 0.486 e. The van der Waals surface area contributed by atoms with Gasteiger partial charge in [0, 0.05) is 23.7 Å². The Bertz CT molecular complexity index is 773. The summed E-state index contributed by atoms with van der Waals surface area (Å²) in [4.78, 5) is 25.9. The molecule has 0 radical (unpaired) electrons. The first-order valence-electron chi connectivity index (χ1n) is 8.47. The quantitative estimate of drug-likeness (QED) is 0.778. The number of hydrogen-bond acceptors (Lipinski definition) is 5. The Morgan fingerprint density at radius 1 is 1.24 bits per heavy atom. The number of rotatable bonds is 5. The van der Waals surface area contributed by atoms with Crippen LogP contribution in [0.2, 0.25) is 0 Å². The fraction of sp³-hybridized carbons (Fsp3) is 0.421. The summed E-state index contributed by atoms with van der Waals surface area (Å²) in [7, 11) is 0. The van der Waals surface area contributed by atoms with E-state index in [1.165, 1.54) is 6.92 Å². The van der Waals surface area contributed by atoms with Crippen molar-refractivity contribution in [2.75, 3.05) is 0 Å². The average Bonchev–Trinajstić information content (AvgIpc) is 3.19. The van der Waals surface area contributed by atoms with Gasteiger partial charge in [0.25, 0.3) is 5.91 Å². The first-order valence-corrected chi connectivity index (χ1v) is 8.47. The zero-order valence-corrected chi connectivity index (χ0v) is 14.7. The van der Waals surface area contributed by atoms with E-state index in [-0.39, 0.29) is 30.4 Å². The van der Waals surface area contributed by atoms with Gasteiger partial charge in [-0.3, -0.25) is 9.59 Å². The molecule has 1 aromatic carbocycles. The Morgan fingerprint density at radius 2 is 1.96 bits per heavy atom. The molecule has 6 heteroatoms. The number of amides is 1. The number of carbonyl (C=O) groups excluding carboxylic acids is 2. The van der Waals surface area contributed by atoms with Crippen molar-refractivity contribution in [3.8, 4) is 5.75 Å². The third-order valence-electron chi connectivity index (χ3n) is 4.59. The standard InChI is InChI=1S/C19H22N2O4/c1-12-7-8-13(2)21(12)19(23)18-10-17(25-20-18)11-24-16-6-4-5-15(9-16)14(3)22/h4-6,9-10,12-13H,7-8,11H2,1-3H3/t12-,13+. The maximum Gasteiger partial charge on any atom is 0.276 e. The lowest BCUT2D eigenvalue weighted by Crippen LogP contribution is -2.38. The van der Waals surface area contributed by atoms with E-state index in [1.54, 1.807) is 30.3 Å². The average molecular weight is 342 g/mol. The molecule has 6 nitrogen and oxygen atoms in total. The molecule has 0 bridgehead atoms. The summed E-state index contributed by atoms with van der Waals surface area (Å²) in [5, 5.41) is 3.89. The van der Waals surface area contributed by atoms with E-state index in [1.807, 2.05) is 18.7 Å². The number of nitrogens with zero attached hydrogens (tertiary/aromatic N) is 2. The van der Waals surface area contributed by atoms with E-state index in [2.05, 4.69) is 5.16 Å². The van der Waals surface area contributed by atoms with Crippen molar-refractivity contribution < 1.29 is 18.8 Å². The highest BCUT2D eigenvalue weighted by atomic mass is 16.5. The summed E-state index contributed by atoms with van der Waals surface area (Å²) in [5.41, 5.74) is 0.889. The summed E-state index contributed by atoms with van der Waals surface area (Å²) in [6.07, 6.45) is 2.01. The summed E-state index contributed by atoms with van der Waals surface area (Å²) < 4.78 is 10.9. The highest BCUT2D eigenvalue weighted by Crippen LogP contribution is 2.25. The maximum atomic E-state index is 12.6. The number of likely N-dealkylation sites (tertiary alicyclic amines) is 1. The monoisotopic (exact) mass is 342 g/mol. The van der Waals surface area contributed by atoms with Crippen molar-refractivity contribution in [1.82, 2.24) is 10.1 Å². The van der Waals surface area contributed by atoms with Gasteiger partial charge in [-0.2, -0.15) is 0 Å². The molecule has 2 heterocycles. The number of aromatic nitrogens is 1. The van der Waals surface area contributed by atoms with Crippen molar-refractivity contribution in [3.05, 3.63) is 47.3 Å². The number of Topliss-reactive ketones (excluding diaryl/α,β-unsaturated/α-hetero) is 1. The number of ether oxygens (including phenoxy) is 1. The van der Waals surface area contributed by atoms with Crippen molar-refractivity contribution in [2.45, 2.75) is 52.3 Å². The molecule has 0 aliphatic carbocycles. The molecule has 2 atom stereocenters. The molecule has 25 heavy (non-hydrogen) atoms. The fourth-order valence-corrected chi connectivity index (χ4v) is 3.17. The minimum absolute atomic E-state index is 0.0214. The Kier molecular flexibility index (Phi) is 4.88. The van der Waals surface area contributed by atoms with Gasteiger partial charge in [0.1, 0.15) is 12.4 Å². The molecule has 1 aliphatic heterocycles. The summed E-state index contributed by atoms with van der Waals surface area (Å²) in [6, 6.07) is 8.99. The van der Waals surface area contributed by atoms with Gasteiger partial charge in [0.15, 0.2) is 17.2 Å². The smallest absolute Gasteiger partial charge is 0.276 e. The zero-order valence-electron chi connectivity index (χ0n) is 14.7. The minimum Gasteiger partial charge on any atom is -0.486 e. The first-order chi connectivity index (χ1) is 12.0. The van der Waals surface area contributed by atoms with Crippen LogP contribution in [0.25, 0.3) is 0 Å². The van der Waals surface area contributed by atoms with Crippen LogP contribution in [-0.2, 0) is 6.61 Å². The number of hydrogen-bond donors (Lipinski definition) is 0. The number of ketones is 1. The van der Waals surface area contributed by atoms with Gasteiger partial charge < -0.3 is 14.2 Å². The number of benzene rings is 1. The molecule has 2 aromatic rings. The molecule has 1 amide bonds. The molecule has 3 rings (SSSR count). The second kappa shape index (κ2) is 7.09. The van der Waals surface area contributed by atoms with E-state index < -0.39 is 0 Å². The van der Waals surface area contributed by atoms with Crippen molar-refractivity contribution in [2.24, 2.45) is 0 Å². The summed E-state index contributed by atoms with van der Waals surface area (Å²) in [6.45, 7) is 5.75.